The van der Waals surface area contributed by atoms with Gasteiger partial charge in [-0.3, -0.25) is 4.79 Å². The van der Waals surface area contributed by atoms with E-state index in [0.29, 0.717) is 25.9 Å². The zero-order valence-electron chi connectivity index (χ0n) is 9.33. The number of aryl methyl sites for hydroxylation is 1. The molecular weight excluding hydrogens is 321 g/mol. The highest BCUT2D eigenvalue weighted by Gasteiger charge is 2.14. The van der Waals surface area contributed by atoms with Crippen LogP contribution in [0.3, 0.4) is 0 Å². The first-order valence-electron chi connectivity index (χ1n) is 4.96. The van der Waals surface area contributed by atoms with E-state index in [9.17, 15) is 9.18 Å². The first-order valence-corrected chi connectivity index (χ1v) is 6.57. The lowest BCUT2D eigenvalue weighted by molar-refractivity contribution is 0.103. The molecule has 4 nitrogen and oxygen atoms in total. The standard InChI is InChI=1S/C11H9BrFN3OS/c1-5-9(18-11(14)15-5)10(17)16-6-2-3-7(12)8(13)4-6/h2-4H,1H3,(H2,14,15)(H,16,17). The maximum atomic E-state index is 13.3. The van der Waals surface area contributed by atoms with Gasteiger partial charge in [0.2, 0.25) is 0 Å². The van der Waals surface area contributed by atoms with E-state index in [1.807, 2.05) is 0 Å². The predicted octanol–water partition coefficient (Wildman–Crippen LogP) is 3.19. The summed E-state index contributed by atoms with van der Waals surface area (Å²) in [6.45, 7) is 1.70. The van der Waals surface area contributed by atoms with Gasteiger partial charge in [0, 0.05) is 5.69 Å². The van der Waals surface area contributed by atoms with E-state index in [0.717, 1.165) is 11.3 Å². The van der Waals surface area contributed by atoms with E-state index in [2.05, 4.69) is 26.2 Å². The Hall–Kier alpha value is -1.47. The van der Waals surface area contributed by atoms with Gasteiger partial charge < -0.3 is 11.1 Å². The average Bonchev–Trinajstić information content (AvgIpc) is 2.63. The van der Waals surface area contributed by atoms with Gasteiger partial charge in [0.1, 0.15) is 10.7 Å². The number of hydrogen-bond acceptors (Lipinski definition) is 4. The third kappa shape index (κ3) is 2.68. The summed E-state index contributed by atoms with van der Waals surface area (Å²) in [7, 11) is 0. The Morgan fingerprint density at radius 2 is 2.28 bits per heavy atom. The number of benzene rings is 1. The lowest BCUT2D eigenvalue weighted by Gasteiger charge is -2.04. The Labute approximate surface area is 115 Å². The van der Waals surface area contributed by atoms with Gasteiger partial charge in [0.05, 0.1) is 10.2 Å². The summed E-state index contributed by atoms with van der Waals surface area (Å²) in [5, 5.41) is 2.93. The molecule has 1 amide bonds. The molecule has 0 fully saturated rings. The zero-order valence-corrected chi connectivity index (χ0v) is 11.7. The van der Waals surface area contributed by atoms with Crippen LogP contribution in [-0.2, 0) is 0 Å². The number of nitrogens with two attached hydrogens (primary N) is 1. The molecule has 0 aliphatic rings. The molecule has 0 aliphatic carbocycles. The van der Waals surface area contributed by atoms with Crippen LogP contribution in [0.25, 0.3) is 0 Å². The van der Waals surface area contributed by atoms with Gasteiger partial charge in [-0.1, -0.05) is 11.3 Å². The topological polar surface area (TPSA) is 68.0 Å². The summed E-state index contributed by atoms with van der Waals surface area (Å²) in [5.41, 5.74) is 6.46. The highest BCUT2D eigenvalue weighted by Crippen LogP contribution is 2.23. The molecule has 2 aromatic rings. The maximum Gasteiger partial charge on any atom is 0.267 e. The van der Waals surface area contributed by atoms with Crippen LogP contribution in [0.2, 0.25) is 0 Å². The van der Waals surface area contributed by atoms with Crippen LogP contribution >= 0.6 is 27.3 Å². The van der Waals surface area contributed by atoms with Crippen LogP contribution in [0.15, 0.2) is 22.7 Å². The van der Waals surface area contributed by atoms with Gasteiger partial charge in [-0.2, -0.15) is 0 Å². The molecule has 0 saturated heterocycles. The van der Waals surface area contributed by atoms with Crippen molar-refractivity contribution < 1.29 is 9.18 Å². The Balaban J connectivity index is 2.21. The SMILES string of the molecule is Cc1nc(N)sc1C(=O)Nc1ccc(Br)c(F)c1. The lowest BCUT2D eigenvalue weighted by Crippen LogP contribution is -2.11. The first kappa shape index (κ1) is 13.0. The molecule has 0 unspecified atom stereocenters. The lowest BCUT2D eigenvalue weighted by atomic mass is 10.3. The molecule has 3 N–H and O–H groups in total. The van der Waals surface area contributed by atoms with Crippen molar-refractivity contribution in [3.63, 3.8) is 0 Å². The molecular formula is C11H9BrFN3OS. The van der Waals surface area contributed by atoms with Crippen LogP contribution in [0.4, 0.5) is 15.2 Å². The van der Waals surface area contributed by atoms with Gasteiger partial charge in [-0.15, -0.1) is 0 Å². The minimum absolute atomic E-state index is 0.333. The van der Waals surface area contributed by atoms with Crippen LogP contribution in [0, 0.1) is 12.7 Å². The van der Waals surface area contributed by atoms with Gasteiger partial charge in [-0.05, 0) is 41.1 Å². The third-order valence-corrected chi connectivity index (χ3v) is 3.83. The molecule has 18 heavy (non-hydrogen) atoms. The van der Waals surface area contributed by atoms with E-state index < -0.39 is 5.82 Å². The number of aromatic nitrogens is 1. The molecule has 1 aromatic heterocycles. The fourth-order valence-electron chi connectivity index (χ4n) is 1.39. The number of carbonyl (C=O) groups excluding carboxylic acids is 1. The average molecular weight is 330 g/mol. The highest BCUT2D eigenvalue weighted by atomic mass is 79.9. The third-order valence-electron chi connectivity index (χ3n) is 2.20. The van der Waals surface area contributed by atoms with Crippen LogP contribution < -0.4 is 11.1 Å². The van der Waals surface area contributed by atoms with E-state index in [1.165, 1.54) is 12.1 Å². The van der Waals surface area contributed by atoms with E-state index >= 15 is 0 Å². The number of halogens is 2. The molecule has 2 rings (SSSR count). The first-order chi connectivity index (χ1) is 8.47. The Morgan fingerprint density at radius 3 is 2.83 bits per heavy atom. The second-order valence-electron chi connectivity index (χ2n) is 3.55. The number of nitrogen functional groups attached to an aromatic ring is 1. The van der Waals surface area contributed by atoms with Crippen LogP contribution in [-0.4, -0.2) is 10.9 Å². The number of hydrogen-bond donors (Lipinski definition) is 2. The maximum absolute atomic E-state index is 13.3. The summed E-state index contributed by atoms with van der Waals surface area (Å²) >= 11 is 4.14. The normalized spacial score (nSPS) is 10.4. The molecule has 1 heterocycles. The molecule has 0 radical (unpaired) electrons. The summed E-state index contributed by atoms with van der Waals surface area (Å²) in [5.74, 6) is -0.781. The van der Waals surface area contributed by atoms with Gasteiger partial charge in [0.15, 0.2) is 5.13 Å². The second kappa shape index (κ2) is 5.03. The fourth-order valence-corrected chi connectivity index (χ4v) is 2.37. The van der Waals surface area contributed by atoms with Crippen molar-refractivity contribution in [3.8, 4) is 0 Å². The summed E-state index contributed by atoms with van der Waals surface area (Å²) in [6, 6.07) is 4.37. The largest absolute Gasteiger partial charge is 0.375 e. The van der Waals surface area contributed by atoms with E-state index in [-0.39, 0.29) is 5.91 Å². The number of rotatable bonds is 2. The van der Waals surface area contributed by atoms with Crippen molar-refractivity contribution >= 4 is 44.0 Å². The number of nitrogens with zero attached hydrogens (tertiary/aromatic N) is 1. The minimum Gasteiger partial charge on any atom is -0.375 e. The van der Waals surface area contributed by atoms with Crippen molar-refractivity contribution in [2.45, 2.75) is 6.92 Å². The smallest absolute Gasteiger partial charge is 0.267 e. The zero-order chi connectivity index (χ0) is 13.3. The fraction of sp³-hybridized carbons (Fsp3) is 0.0909. The van der Waals surface area contributed by atoms with E-state index in [4.69, 9.17) is 5.73 Å². The Kier molecular flexibility index (Phi) is 3.63. The second-order valence-corrected chi connectivity index (χ2v) is 5.43. The molecule has 0 saturated carbocycles. The summed E-state index contributed by atoms with van der Waals surface area (Å²) in [6.07, 6.45) is 0. The Morgan fingerprint density at radius 1 is 1.56 bits per heavy atom. The van der Waals surface area contributed by atoms with Crippen molar-refractivity contribution in [1.29, 1.82) is 0 Å². The van der Waals surface area contributed by atoms with Gasteiger partial charge in [0.25, 0.3) is 5.91 Å². The van der Waals surface area contributed by atoms with Crippen LogP contribution in [0.1, 0.15) is 15.4 Å². The number of anilines is 2. The molecule has 94 valence electrons. The molecule has 0 aliphatic heterocycles. The number of nitrogens with one attached hydrogen (secondary N) is 1. The predicted molar refractivity (Wildman–Crippen MR) is 73.3 cm³/mol. The number of carbonyl (C=O) groups is 1. The van der Waals surface area contributed by atoms with Crippen molar-refractivity contribution in [2.24, 2.45) is 0 Å². The highest BCUT2D eigenvalue weighted by molar-refractivity contribution is 9.10. The van der Waals surface area contributed by atoms with Crippen molar-refractivity contribution in [2.75, 3.05) is 11.1 Å². The number of amides is 1. The van der Waals surface area contributed by atoms with E-state index in [1.54, 1.807) is 13.0 Å². The van der Waals surface area contributed by atoms with Crippen molar-refractivity contribution in [3.05, 3.63) is 39.1 Å². The Bertz CT molecular complexity index is 614. The molecule has 0 atom stereocenters. The minimum atomic E-state index is -0.437. The summed E-state index contributed by atoms with van der Waals surface area (Å²) < 4.78 is 13.6. The molecule has 7 heteroatoms. The van der Waals surface area contributed by atoms with Crippen LogP contribution in [0.5, 0.6) is 0 Å². The molecule has 1 aromatic carbocycles. The quantitative estimate of drug-likeness (QED) is 0.889. The number of thiazole rings is 1. The van der Waals surface area contributed by atoms with Crippen molar-refractivity contribution in [1.82, 2.24) is 4.98 Å². The monoisotopic (exact) mass is 329 g/mol. The van der Waals surface area contributed by atoms with Gasteiger partial charge in [-0.25, -0.2) is 9.37 Å². The molecule has 0 bridgehead atoms. The van der Waals surface area contributed by atoms with Gasteiger partial charge >= 0.3 is 0 Å². The summed E-state index contributed by atoms with van der Waals surface area (Å²) in [4.78, 5) is 16.3. The molecule has 0 spiro atoms.